The van der Waals surface area contributed by atoms with E-state index in [4.69, 9.17) is 0 Å². The van der Waals surface area contributed by atoms with Gasteiger partial charge in [0, 0.05) is 30.4 Å². The number of hydrogen-bond acceptors (Lipinski definition) is 5. The maximum Gasteiger partial charge on any atom is 0.227 e. The third kappa shape index (κ3) is 3.08. The summed E-state index contributed by atoms with van der Waals surface area (Å²) in [5, 5.41) is 7.61. The van der Waals surface area contributed by atoms with Crippen molar-refractivity contribution in [2.24, 2.45) is 0 Å². The lowest BCUT2D eigenvalue weighted by Gasteiger charge is -2.18. The van der Waals surface area contributed by atoms with Crippen molar-refractivity contribution in [2.45, 2.75) is 38.1 Å². The number of likely N-dealkylation sites (tertiary alicyclic amines) is 1. The number of nitrogens with one attached hydrogen (secondary N) is 1. The number of hydrogen-bond donors (Lipinski definition) is 1. The van der Waals surface area contributed by atoms with Crippen LogP contribution in [0.25, 0.3) is 0 Å². The van der Waals surface area contributed by atoms with Crippen molar-refractivity contribution in [3.8, 4) is 0 Å². The zero-order chi connectivity index (χ0) is 15.6. The monoisotopic (exact) mass is 328 g/mol. The van der Waals surface area contributed by atoms with E-state index < -0.39 is 0 Å². The molecule has 5 nitrogen and oxygen atoms in total. The van der Waals surface area contributed by atoms with Crippen molar-refractivity contribution in [2.75, 3.05) is 18.4 Å². The average molecular weight is 328 g/mol. The Morgan fingerprint density at radius 2 is 2.35 bits per heavy atom. The zero-order valence-corrected chi connectivity index (χ0v) is 13.8. The molecular weight excluding hydrogens is 308 g/mol. The van der Waals surface area contributed by atoms with Gasteiger partial charge in [0.1, 0.15) is 12.1 Å². The molecule has 1 aliphatic heterocycles. The number of amides is 1. The number of rotatable bonds is 4. The molecule has 120 valence electrons. The SMILES string of the molecule is O=C(Cc1ccsc1)N1CC[C@H](Nc2ncnc3c2CCC3)C1. The van der Waals surface area contributed by atoms with Crippen LogP contribution in [-0.2, 0) is 24.1 Å². The molecule has 0 saturated carbocycles. The Bertz CT molecular complexity index is 701. The molecule has 4 rings (SSSR count). The van der Waals surface area contributed by atoms with E-state index in [-0.39, 0.29) is 5.91 Å². The van der Waals surface area contributed by atoms with Crippen LogP contribution in [0.3, 0.4) is 0 Å². The van der Waals surface area contributed by atoms with Gasteiger partial charge in [-0.3, -0.25) is 4.79 Å². The summed E-state index contributed by atoms with van der Waals surface area (Å²) in [6.45, 7) is 1.59. The van der Waals surface area contributed by atoms with E-state index in [2.05, 4.69) is 15.3 Å². The van der Waals surface area contributed by atoms with Crippen LogP contribution in [0.1, 0.15) is 29.7 Å². The molecule has 23 heavy (non-hydrogen) atoms. The summed E-state index contributed by atoms with van der Waals surface area (Å²) in [4.78, 5) is 23.1. The molecule has 2 aromatic rings. The number of anilines is 1. The largest absolute Gasteiger partial charge is 0.365 e. The van der Waals surface area contributed by atoms with Crippen molar-refractivity contribution in [1.82, 2.24) is 14.9 Å². The van der Waals surface area contributed by atoms with Gasteiger partial charge in [0.25, 0.3) is 0 Å². The first-order chi connectivity index (χ1) is 11.3. The van der Waals surface area contributed by atoms with Crippen LogP contribution in [0.4, 0.5) is 5.82 Å². The van der Waals surface area contributed by atoms with Gasteiger partial charge in [0.05, 0.1) is 6.42 Å². The van der Waals surface area contributed by atoms with Crippen molar-refractivity contribution in [1.29, 1.82) is 0 Å². The van der Waals surface area contributed by atoms with Gasteiger partial charge in [-0.2, -0.15) is 11.3 Å². The Balaban J connectivity index is 1.37. The number of carbonyl (C=O) groups is 1. The number of fused-ring (bicyclic) bond motifs is 1. The Labute approximate surface area is 139 Å². The van der Waals surface area contributed by atoms with Crippen LogP contribution in [0.15, 0.2) is 23.2 Å². The Kier molecular flexibility index (Phi) is 3.99. The molecule has 1 atom stereocenters. The van der Waals surface area contributed by atoms with E-state index in [1.807, 2.05) is 21.7 Å². The second-order valence-corrected chi connectivity index (χ2v) is 7.06. The Morgan fingerprint density at radius 1 is 1.39 bits per heavy atom. The minimum absolute atomic E-state index is 0.223. The predicted octanol–water partition coefficient (Wildman–Crippen LogP) is 2.28. The fraction of sp³-hybridized carbons (Fsp3) is 0.471. The summed E-state index contributed by atoms with van der Waals surface area (Å²) in [6, 6.07) is 2.32. The predicted molar refractivity (Wildman–Crippen MR) is 90.7 cm³/mol. The summed E-state index contributed by atoms with van der Waals surface area (Å²) in [5.41, 5.74) is 3.58. The molecule has 0 unspecified atom stereocenters. The minimum atomic E-state index is 0.223. The Morgan fingerprint density at radius 3 is 3.22 bits per heavy atom. The lowest BCUT2D eigenvalue weighted by molar-refractivity contribution is -0.129. The molecular formula is C17H20N4OS. The third-order valence-corrected chi connectivity index (χ3v) is 5.42. The van der Waals surface area contributed by atoms with Gasteiger partial charge in [-0.15, -0.1) is 0 Å². The van der Waals surface area contributed by atoms with E-state index in [1.54, 1.807) is 17.7 Å². The highest BCUT2D eigenvalue weighted by Gasteiger charge is 2.27. The number of aromatic nitrogens is 2. The lowest BCUT2D eigenvalue weighted by Crippen LogP contribution is -2.32. The normalized spacial score (nSPS) is 19.8. The van der Waals surface area contributed by atoms with Crippen LogP contribution in [0.5, 0.6) is 0 Å². The van der Waals surface area contributed by atoms with Crippen LogP contribution in [0.2, 0.25) is 0 Å². The van der Waals surface area contributed by atoms with Crippen molar-refractivity contribution < 1.29 is 4.79 Å². The highest BCUT2D eigenvalue weighted by Crippen LogP contribution is 2.26. The number of aryl methyl sites for hydroxylation is 1. The van der Waals surface area contributed by atoms with E-state index in [0.29, 0.717) is 12.5 Å². The molecule has 1 aliphatic carbocycles. The topological polar surface area (TPSA) is 58.1 Å². The van der Waals surface area contributed by atoms with Gasteiger partial charge in [0.2, 0.25) is 5.91 Å². The van der Waals surface area contributed by atoms with Crippen LogP contribution >= 0.6 is 11.3 Å². The quantitative estimate of drug-likeness (QED) is 0.935. The number of carbonyl (C=O) groups excluding carboxylic acids is 1. The first kappa shape index (κ1) is 14.6. The maximum absolute atomic E-state index is 12.4. The fourth-order valence-corrected chi connectivity index (χ4v) is 4.13. The minimum Gasteiger partial charge on any atom is -0.365 e. The molecule has 0 radical (unpaired) electrons. The van der Waals surface area contributed by atoms with Crippen LogP contribution in [0, 0.1) is 0 Å². The van der Waals surface area contributed by atoms with Gasteiger partial charge in [0.15, 0.2) is 0 Å². The van der Waals surface area contributed by atoms with E-state index >= 15 is 0 Å². The van der Waals surface area contributed by atoms with Crippen molar-refractivity contribution >= 4 is 23.1 Å². The first-order valence-electron chi connectivity index (χ1n) is 8.18. The second kappa shape index (κ2) is 6.28. The molecule has 2 aliphatic rings. The maximum atomic E-state index is 12.4. The summed E-state index contributed by atoms with van der Waals surface area (Å²) < 4.78 is 0. The van der Waals surface area contributed by atoms with Gasteiger partial charge in [-0.1, -0.05) is 0 Å². The number of nitrogens with zero attached hydrogens (tertiary/aromatic N) is 3. The second-order valence-electron chi connectivity index (χ2n) is 6.28. The number of thiophene rings is 1. The highest BCUT2D eigenvalue weighted by atomic mass is 32.1. The summed E-state index contributed by atoms with van der Waals surface area (Å²) in [5.74, 6) is 1.20. The van der Waals surface area contributed by atoms with Crippen molar-refractivity contribution in [3.63, 3.8) is 0 Å². The molecule has 6 heteroatoms. The van der Waals surface area contributed by atoms with Crippen LogP contribution in [-0.4, -0.2) is 39.9 Å². The summed E-state index contributed by atoms with van der Waals surface area (Å²) >= 11 is 1.64. The first-order valence-corrected chi connectivity index (χ1v) is 9.12. The smallest absolute Gasteiger partial charge is 0.227 e. The molecule has 0 spiro atoms. The molecule has 1 N–H and O–H groups in total. The zero-order valence-electron chi connectivity index (χ0n) is 13.0. The summed E-state index contributed by atoms with van der Waals surface area (Å²) in [7, 11) is 0. The fourth-order valence-electron chi connectivity index (χ4n) is 3.46. The third-order valence-electron chi connectivity index (χ3n) is 4.69. The van der Waals surface area contributed by atoms with Gasteiger partial charge in [-0.25, -0.2) is 9.97 Å². The molecule has 2 aromatic heterocycles. The molecule has 0 bridgehead atoms. The van der Waals surface area contributed by atoms with E-state index in [0.717, 1.165) is 43.7 Å². The molecule has 1 saturated heterocycles. The lowest BCUT2D eigenvalue weighted by atomic mass is 10.2. The Hall–Kier alpha value is -1.95. The molecule has 1 fully saturated rings. The standard InChI is InChI=1S/C17H20N4OS/c22-16(8-12-5-7-23-10-12)21-6-4-13(9-21)20-17-14-2-1-3-15(14)18-11-19-17/h5,7,10-11,13H,1-4,6,8-9H2,(H,18,19,20)/t13-/m0/s1. The van der Waals surface area contributed by atoms with Gasteiger partial charge < -0.3 is 10.2 Å². The molecule has 1 amide bonds. The van der Waals surface area contributed by atoms with E-state index in [1.165, 1.54) is 17.7 Å². The molecule has 3 heterocycles. The van der Waals surface area contributed by atoms with Crippen LogP contribution < -0.4 is 5.32 Å². The highest BCUT2D eigenvalue weighted by molar-refractivity contribution is 7.08. The molecule has 0 aromatic carbocycles. The van der Waals surface area contributed by atoms with E-state index in [9.17, 15) is 4.79 Å². The average Bonchev–Trinajstić information content (AvgIpc) is 3.28. The van der Waals surface area contributed by atoms with Gasteiger partial charge >= 0.3 is 0 Å². The van der Waals surface area contributed by atoms with Crippen molar-refractivity contribution in [3.05, 3.63) is 40.0 Å². The van der Waals surface area contributed by atoms with Gasteiger partial charge in [-0.05, 0) is 48.1 Å². The summed E-state index contributed by atoms with van der Waals surface area (Å²) in [6.07, 6.45) is 6.43.